The molecule has 0 bridgehead atoms. The normalized spacial score (nSPS) is 25.9. The highest BCUT2D eigenvalue weighted by Gasteiger charge is 2.49. The number of hydrogen-bond donors (Lipinski definition) is 0. The highest BCUT2D eigenvalue weighted by atomic mass is 19.4. The van der Waals surface area contributed by atoms with Gasteiger partial charge in [-0.2, -0.15) is 13.2 Å². The lowest BCUT2D eigenvalue weighted by Crippen LogP contribution is -2.29. The number of likely N-dealkylation sites (tertiary alicyclic amines) is 1. The van der Waals surface area contributed by atoms with Gasteiger partial charge in [0, 0.05) is 19.5 Å². The van der Waals surface area contributed by atoms with Crippen molar-refractivity contribution in [2.45, 2.75) is 38.9 Å². The van der Waals surface area contributed by atoms with Crippen molar-refractivity contribution in [1.82, 2.24) is 4.90 Å². The summed E-state index contributed by atoms with van der Waals surface area (Å²) in [5, 5.41) is 0. The Morgan fingerprint density at radius 2 is 2.00 bits per heavy atom. The number of halogens is 4. The molecule has 120 valence electrons. The van der Waals surface area contributed by atoms with Gasteiger partial charge in [0.15, 0.2) is 0 Å². The molecule has 2 nitrogen and oxygen atoms in total. The molecule has 0 N–H and O–H groups in total. The van der Waals surface area contributed by atoms with Crippen LogP contribution in [0, 0.1) is 17.2 Å². The molecule has 1 saturated carbocycles. The zero-order chi connectivity index (χ0) is 16.1. The van der Waals surface area contributed by atoms with Gasteiger partial charge < -0.3 is 4.90 Å². The van der Waals surface area contributed by atoms with E-state index in [1.807, 2.05) is 6.92 Å². The first-order chi connectivity index (χ1) is 10.2. The molecule has 3 rings (SSSR count). The van der Waals surface area contributed by atoms with Crippen molar-refractivity contribution in [1.29, 1.82) is 0 Å². The molecular weight excluding hydrogens is 298 g/mol. The lowest BCUT2D eigenvalue weighted by atomic mass is 9.84. The first kappa shape index (κ1) is 15.3. The summed E-state index contributed by atoms with van der Waals surface area (Å²) in [6, 6.07) is 2.42. The van der Waals surface area contributed by atoms with Gasteiger partial charge in [-0.15, -0.1) is 0 Å². The third kappa shape index (κ3) is 2.83. The van der Waals surface area contributed by atoms with Crippen LogP contribution < -0.4 is 0 Å². The topological polar surface area (TPSA) is 20.3 Å². The summed E-state index contributed by atoms with van der Waals surface area (Å²) in [6.07, 6.45) is -2.03. The van der Waals surface area contributed by atoms with Crippen LogP contribution in [0.4, 0.5) is 17.6 Å². The molecule has 0 aromatic heterocycles. The molecule has 6 heteroatoms. The van der Waals surface area contributed by atoms with Gasteiger partial charge in [0.25, 0.3) is 0 Å². The SMILES string of the molecule is C[C@]1(C2CC2)CC(=O)N(Cc2cc(F)ccc2C(F)(F)F)C1. The number of carbonyl (C=O) groups is 1. The molecule has 1 aliphatic heterocycles. The lowest BCUT2D eigenvalue weighted by molar-refractivity contribution is -0.139. The van der Waals surface area contributed by atoms with E-state index in [0.717, 1.165) is 31.0 Å². The fourth-order valence-electron chi connectivity index (χ4n) is 3.41. The number of benzene rings is 1. The Bertz CT molecular complexity index is 609. The van der Waals surface area contributed by atoms with Crippen LogP contribution in [0.25, 0.3) is 0 Å². The van der Waals surface area contributed by atoms with Gasteiger partial charge in [0.1, 0.15) is 5.82 Å². The van der Waals surface area contributed by atoms with Crippen LogP contribution in [0.2, 0.25) is 0 Å². The van der Waals surface area contributed by atoms with E-state index in [9.17, 15) is 22.4 Å². The third-order valence-corrected chi connectivity index (χ3v) is 4.76. The Kier molecular flexibility index (Phi) is 3.45. The van der Waals surface area contributed by atoms with Crippen LogP contribution >= 0.6 is 0 Å². The molecule has 0 spiro atoms. The van der Waals surface area contributed by atoms with Crippen molar-refractivity contribution in [2.75, 3.05) is 6.54 Å². The molecule has 22 heavy (non-hydrogen) atoms. The maximum Gasteiger partial charge on any atom is 0.416 e. The van der Waals surface area contributed by atoms with Gasteiger partial charge in [0.2, 0.25) is 5.91 Å². The largest absolute Gasteiger partial charge is 0.416 e. The van der Waals surface area contributed by atoms with Gasteiger partial charge in [-0.1, -0.05) is 6.92 Å². The molecule has 1 aromatic carbocycles. The van der Waals surface area contributed by atoms with Crippen LogP contribution in [0.5, 0.6) is 0 Å². The van der Waals surface area contributed by atoms with Crippen molar-refractivity contribution >= 4 is 5.91 Å². The highest BCUT2D eigenvalue weighted by molar-refractivity contribution is 5.79. The molecule has 1 atom stereocenters. The standard InChI is InChI=1S/C16H17F4NO/c1-15(11-2-3-11)7-14(22)21(9-15)8-10-6-12(17)4-5-13(10)16(18,19)20/h4-6,11H,2-3,7-9H2,1H3/t15-/m0/s1. The van der Waals surface area contributed by atoms with E-state index < -0.39 is 17.6 Å². The van der Waals surface area contributed by atoms with Crippen molar-refractivity contribution in [2.24, 2.45) is 11.3 Å². The Balaban J connectivity index is 1.84. The van der Waals surface area contributed by atoms with Gasteiger partial charge in [-0.3, -0.25) is 4.79 Å². The van der Waals surface area contributed by atoms with Crippen LogP contribution in [-0.2, 0) is 17.5 Å². The van der Waals surface area contributed by atoms with Crippen LogP contribution in [0.15, 0.2) is 18.2 Å². The number of carbonyl (C=O) groups excluding carboxylic acids is 1. The average molecular weight is 315 g/mol. The smallest absolute Gasteiger partial charge is 0.338 e. The number of hydrogen-bond acceptors (Lipinski definition) is 1. The molecule has 1 aromatic rings. The summed E-state index contributed by atoms with van der Waals surface area (Å²) in [5.74, 6) is -0.387. The molecule has 1 saturated heterocycles. The summed E-state index contributed by atoms with van der Waals surface area (Å²) in [7, 11) is 0. The second kappa shape index (κ2) is 4.96. The molecule has 1 amide bonds. The van der Waals surface area contributed by atoms with Crippen molar-refractivity contribution < 1.29 is 22.4 Å². The Morgan fingerprint density at radius 3 is 2.59 bits per heavy atom. The monoisotopic (exact) mass is 315 g/mol. The third-order valence-electron chi connectivity index (χ3n) is 4.76. The van der Waals surface area contributed by atoms with E-state index in [1.165, 1.54) is 4.90 Å². The summed E-state index contributed by atoms with van der Waals surface area (Å²) < 4.78 is 52.4. The fraction of sp³-hybridized carbons (Fsp3) is 0.562. The Morgan fingerprint density at radius 1 is 1.32 bits per heavy atom. The quantitative estimate of drug-likeness (QED) is 0.772. The Labute approximate surface area is 126 Å². The summed E-state index contributed by atoms with van der Waals surface area (Å²) in [4.78, 5) is 13.6. The van der Waals surface area contributed by atoms with Crippen LogP contribution in [0.1, 0.15) is 37.3 Å². The summed E-state index contributed by atoms with van der Waals surface area (Å²) in [5.41, 5.74) is -1.20. The molecule has 2 fully saturated rings. The first-order valence-corrected chi connectivity index (χ1v) is 7.32. The van der Waals surface area contributed by atoms with Crippen molar-refractivity contribution in [3.8, 4) is 0 Å². The predicted octanol–water partition coefficient (Wildman–Crippen LogP) is 3.99. The van der Waals surface area contributed by atoms with Crippen molar-refractivity contribution in [3.63, 3.8) is 0 Å². The van der Waals surface area contributed by atoms with Gasteiger partial charge in [-0.25, -0.2) is 4.39 Å². The van der Waals surface area contributed by atoms with Crippen molar-refractivity contribution in [3.05, 3.63) is 35.1 Å². The number of alkyl halides is 3. The maximum atomic E-state index is 13.3. The van der Waals surface area contributed by atoms with Gasteiger partial charge >= 0.3 is 6.18 Å². The molecule has 1 aliphatic carbocycles. The molecule has 0 radical (unpaired) electrons. The van der Waals surface area contributed by atoms with E-state index in [2.05, 4.69) is 0 Å². The zero-order valence-electron chi connectivity index (χ0n) is 12.2. The minimum absolute atomic E-state index is 0.146. The van der Waals surface area contributed by atoms with Crippen LogP contribution in [-0.4, -0.2) is 17.4 Å². The Hall–Kier alpha value is -1.59. The minimum atomic E-state index is -4.55. The van der Waals surface area contributed by atoms with E-state index in [1.54, 1.807) is 0 Å². The predicted molar refractivity (Wildman–Crippen MR) is 72.3 cm³/mol. The van der Waals surface area contributed by atoms with E-state index in [0.29, 0.717) is 18.9 Å². The molecule has 1 heterocycles. The number of rotatable bonds is 3. The van der Waals surface area contributed by atoms with Gasteiger partial charge in [-0.05, 0) is 47.9 Å². The zero-order valence-corrected chi connectivity index (χ0v) is 12.2. The second-order valence-electron chi connectivity index (χ2n) is 6.65. The van der Waals surface area contributed by atoms with Crippen LogP contribution in [0.3, 0.4) is 0 Å². The summed E-state index contributed by atoms with van der Waals surface area (Å²) >= 11 is 0. The second-order valence-corrected chi connectivity index (χ2v) is 6.65. The minimum Gasteiger partial charge on any atom is -0.338 e. The average Bonchev–Trinajstić information content (AvgIpc) is 3.17. The highest BCUT2D eigenvalue weighted by Crippen LogP contribution is 2.51. The molecule has 0 unspecified atom stereocenters. The number of amides is 1. The molecule has 2 aliphatic rings. The van der Waals surface area contributed by atoms with E-state index in [-0.39, 0.29) is 23.4 Å². The van der Waals surface area contributed by atoms with Gasteiger partial charge in [0.05, 0.1) is 5.56 Å². The summed E-state index contributed by atoms with van der Waals surface area (Å²) in [6.45, 7) is 2.27. The molecular formula is C16H17F4NO. The number of nitrogens with zero attached hydrogens (tertiary/aromatic N) is 1. The maximum absolute atomic E-state index is 13.3. The van der Waals surface area contributed by atoms with E-state index >= 15 is 0 Å². The van der Waals surface area contributed by atoms with E-state index in [4.69, 9.17) is 0 Å². The first-order valence-electron chi connectivity index (χ1n) is 7.32. The fourth-order valence-corrected chi connectivity index (χ4v) is 3.41. The lowest BCUT2D eigenvalue weighted by Gasteiger charge is -2.24.